The molecule has 4 nitrogen and oxygen atoms in total. The molecule has 2 atom stereocenters. The van der Waals surface area contributed by atoms with Gasteiger partial charge in [-0.1, -0.05) is 29.3 Å². The van der Waals surface area contributed by atoms with Crippen LogP contribution in [0.1, 0.15) is 24.4 Å². The summed E-state index contributed by atoms with van der Waals surface area (Å²) in [4.78, 5) is 11.3. The molecular weight excluding hydrogens is 289 g/mol. The summed E-state index contributed by atoms with van der Waals surface area (Å²) in [6, 6.07) is 4.03. The molecule has 19 heavy (non-hydrogen) atoms. The SMILES string of the molecule is O=C(O)C(NCC1CCCO1)c1ccc(Cl)c(Cl)c1. The molecule has 1 aliphatic heterocycles. The van der Waals surface area contributed by atoms with Crippen LogP contribution < -0.4 is 5.32 Å². The Kier molecular flexibility index (Phi) is 5.05. The number of rotatable bonds is 5. The van der Waals surface area contributed by atoms with Crippen LogP contribution in [0, 0.1) is 0 Å². The average molecular weight is 304 g/mol. The minimum absolute atomic E-state index is 0.0876. The molecule has 0 radical (unpaired) electrons. The number of halogens is 2. The van der Waals surface area contributed by atoms with Crippen LogP contribution in [0.5, 0.6) is 0 Å². The monoisotopic (exact) mass is 303 g/mol. The Balaban J connectivity index is 2.05. The van der Waals surface area contributed by atoms with Crippen LogP contribution in [0.4, 0.5) is 0 Å². The van der Waals surface area contributed by atoms with Crippen molar-refractivity contribution in [2.45, 2.75) is 25.0 Å². The normalized spacial score (nSPS) is 20.4. The number of carboxylic acids is 1. The molecule has 0 amide bonds. The van der Waals surface area contributed by atoms with E-state index in [1.54, 1.807) is 18.2 Å². The first-order valence-corrected chi connectivity index (χ1v) is 6.86. The van der Waals surface area contributed by atoms with E-state index in [1.807, 2.05) is 0 Å². The van der Waals surface area contributed by atoms with E-state index in [1.165, 1.54) is 0 Å². The maximum atomic E-state index is 11.3. The van der Waals surface area contributed by atoms with Gasteiger partial charge < -0.3 is 9.84 Å². The van der Waals surface area contributed by atoms with Crippen molar-refractivity contribution in [3.63, 3.8) is 0 Å². The first-order chi connectivity index (χ1) is 9.08. The van der Waals surface area contributed by atoms with Crippen molar-refractivity contribution in [1.82, 2.24) is 5.32 Å². The van der Waals surface area contributed by atoms with Crippen molar-refractivity contribution in [3.8, 4) is 0 Å². The minimum Gasteiger partial charge on any atom is -0.480 e. The topological polar surface area (TPSA) is 58.6 Å². The first-order valence-electron chi connectivity index (χ1n) is 6.10. The lowest BCUT2D eigenvalue weighted by molar-refractivity contribution is -0.139. The number of hydrogen-bond donors (Lipinski definition) is 2. The minimum atomic E-state index is -0.948. The smallest absolute Gasteiger partial charge is 0.325 e. The van der Waals surface area contributed by atoms with E-state index in [0.717, 1.165) is 19.4 Å². The first kappa shape index (κ1) is 14.6. The van der Waals surface area contributed by atoms with Crippen LogP contribution in [-0.4, -0.2) is 30.3 Å². The Morgan fingerprint density at radius 3 is 2.84 bits per heavy atom. The highest BCUT2D eigenvalue weighted by Gasteiger charge is 2.23. The van der Waals surface area contributed by atoms with Gasteiger partial charge >= 0.3 is 5.97 Å². The summed E-state index contributed by atoms with van der Waals surface area (Å²) < 4.78 is 5.46. The molecule has 0 aliphatic carbocycles. The molecular formula is C13H15Cl2NO3. The molecule has 104 valence electrons. The summed E-state index contributed by atoms with van der Waals surface area (Å²) in [7, 11) is 0. The molecule has 2 rings (SSSR count). The Bertz CT molecular complexity index is 461. The van der Waals surface area contributed by atoms with Gasteiger partial charge in [0.15, 0.2) is 0 Å². The Hall–Kier alpha value is -0.810. The molecule has 1 aromatic carbocycles. The fourth-order valence-corrected chi connectivity index (χ4v) is 2.40. The predicted octanol–water partition coefficient (Wildman–Crippen LogP) is 2.89. The van der Waals surface area contributed by atoms with Crippen LogP contribution in [0.15, 0.2) is 18.2 Å². The van der Waals surface area contributed by atoms with Gasteiger partial charge in [-0.3, -0.25) is 10.1 Å². The zero-order chi connectivity index (χ0) is 13.8. The van der Waals surface area contributed by atoms with Gasteiger partial charge in [0.2, 0.25) is 0 Å². The summed E-state index contributed by atoms with van der Waals surface area (Å²) in [5.41, 5.74) is 0.583. The maximum absolute atomic E-state index is 11.3. The number of hydrogen-bond acceptors (Lipinski definition) is 3. The summed E-state index contributed by atoms with van der Waals surface area (Å²) >= 11 is 11.7. The molecule has 1 aliphatic rings. The quantitative estimate of drug-likeness (QED) is 0.878. The highest BCUT2D eigenvalue weighted by Crippen LogP contribution is 2.26. The van der Waals surface area contributed by atoms with Gasteiger partial charge in [-0.25, -0.2) is 0 Å². The number of aliphatic carboxylic acids is 1. The number of benzene rings is 1. The van der Waals surface area contributed by atoms with E-state index in [0.29, 0.717) is 22.2 Å². The Labute approximate surface area is 121 Å². The third-order valence-corrected chi connectivity index (χ3v) is 3.84. The zero-order valence-corrected chi connectivity index (χ0v) is 11.7. The number of carboxylic acid groups (broad SMARTS) is 1. The third-order valence-electron chi connectivity index (χ3n) is 3.10. The second kappa shape index (κ2) is 6.57. The fraction of sp³-hybridized carbons (Fsp3) is 0.462. The van der Waals surface area contributed by atoms with E-state index in [-0.39, 0.29) is 6.10 Å². The highest BCUT2D eigenvalue weighted by molar-refractivity contribution is 6.42. The van der Waals surface area contributed by atoms with Gasteiger partial charge in [-0.05, 0) is 30.5 Å². The van der Waals surface area contributed by atoms with Crippen molar-refractivity contribution in [2.24, 2.45) is 0 Å². The largest absolute Gasteiger partial charge is 0.480 e. The Morgan fingerprint density at radius 2 is 2.26 bits per heavy atom. The van der Waals surface area contributed by atoms with Crippen molar-refractivity contribution >= 4 is 29.2 Å². The predicted molar refractivity (Wildman–Crippen MR) is 73.8 cm³/mol. The molecule has 1 heterocycles. The molecule has 1 saturated heterocycles. The van der Waals surface area contributed by atoms with Gasteiger partial charge in [0, 0.05) is 13.2 Å². The van der Waals surface area contributed by atoms with Gasteiger partial charge in [0.1, 0.15) is 6.04 Å². The molecule has 0 bridgehead atoms. The molecule has 0 aromatic heterocycles. The molecule has 0 saturated carbocycles. The van der Waals surface area contributed by atoms with Crippen LogP contribution in [0.3, 0.4) is 0 Å². The second-order valence-corrected chi connectivity index (χ2v) is 5.30. The van der Waals surface area contributed by atoms with Crippen molar-refractivity contribution in [3.05, 3.63) is 33.8 Å². The third kappa shape index (κ3) is 3.83. The van der Waals surface area contributed by atoms with E-state index in [9.17, 15) is 9.90 Å². The van der Waals surface area contributed by atoms with E-state index < -0.39 is 12.0 Å². The molecule has 2 N–H and O–H groups in total. The number of carbonyl (C=O) groups is 1. The van der Waals surface area contributed by atoms with E-state index in [2.05, 4.69) is 5.32 Å². The summed E-state index contributed by atoms with van der Waals surface area (Å²) in [6.07, 6.45) is 2.07. The van der Waals surface area contributed by atoms with Gasteiger partial charge in [-0.15, -0.1) is 0 Å². The van der Waals surface area contributed by atoms with Crippen molar-refractivity contribution < 1.29 is 14.6 Å². The van der Waals surface area contributed by atoms with E-state index >= 15 is 0 Å². The second-order valence-electron chi connectivity index (χ2n) is 4.49. The lowest BCUT2D eigenvalue weighted by Crippen LogP contribution is -2.34. The lowest BCUT2D eigenvalue weighted by Gasteiger charge is -2.18. The summed E-state index contributed by atoms with van der Waals surface area (Å²) in [6.45, 7) is 1.26. The lowest BCUT2D eigenvalue weighted by atomic mass is 10.1. The van der Waals surface area contributed by atoms with Crippen LogP contribution in [0.25, 0.3) is 0 Å². The summed E-state index contributed by atoms with van der Waals surface area (Å²) in [5, 5.41) is 13.0. The standard InChI is InChI=1S/C13H15Cl2NO3/c14-10-4-3-8(6-11(10)15)12(13(17)18)16-7-9-2-1-5-19-9/h3-4,6,9,12,16H,1-2,5,7H2,(H,17,18). The molecule has 2 unspecified atom stereocenters. The Morgan fingerprint density at radius 1 is 1.47 bits per heavy atom. The molecule has 6 heteroatoms. The number of ether oxygens (including phenoxy) is 1. The van der Waals surface area contributed by atoms with Crippen LogP contribution >= 0.6 is 23.2 Å². The maximum Gasteiger partial charge on any atom is 0.325 e. The van der Waals surface area contributed by atoms with Gasteiger partial charge in [-0.2, -0.15) is 0 Å². The van der Waals surface area contributed by atoms with Crippen molar-refractivity contribution in [1.29, 1.82) is 0 Å². The number of nitrogens with one attached hydrogen (secondary N) is 1. The zero-order valence-electron chi connectivity index (χ0n) is 10.2. The summed E-state index contributed by atoms with van der Waals surface area (Å²) in [5.74, 6) is -0.948. The van der Waals surface area contributed by atoms with Gasteiger partial charge in [0.05, 0.1) is 16.1 Å². The van der Waals surface area contributed by atoms with Crippen LogP contribution in [0.2, 0.25) is 10.0 Å². The van der Waals surface area contributed by atoms with Crippen LogP contribution in [-0.2, 0) is 9.53 Å². The van der Waals surface area contributed by atoms with Crippen molar-refractivity contribution in [2.75, 3.05) is 13.2 Å². The molecule has 1 aromatic rings. The highest BCUT2D eigenvalue weighted by atomic mass is 35.5. The average Bonchev–Trinajstić information content (AvgIpc) is 2.86. The van der Waals surface area contributed by atoms with E-state index in [4.69, 9.17) is 27.9 Å². The van der Waals surface area contributed by atoms with Gasteiger partial charge in [0.25, 0.3) is 0 Å². The molecule has 1 fully saturated rings. The molecule has 0 spiro atoms. The fourth-order valence-electron chi connectivity index (χ4n) is 2.09.